The molecular formula is C28H19ClF2N2O3. The summed E-state index contributed by atoms with van der Waals surface area (Å²) < 4.78 is 35.7. The molecule has 8 heteroatoms. The second-order valence-electron chi connectivity index (χ2n) is 8.27. The number of pyridine rings is 1. The highest BCUT2D eigenvalue weighted by atomic mass is 35.5. The highest BCUT2D eigenvalue weighted by Crippen LogP contribution is 2.35. The number of hydrogen-bond donors (Lipinski definition) is 1. The Kier molecular flexibility index (Phi) is 6.16. The topological polar surface area (TPSA) is 63.8 Å². The van der Waals surface area contributed by atoms with Crippen LogP contribution in [0.25, 0.3) is 28.0 Å². The molecule has 0 unspecified atom stereocenters. The van der Waals surface area contributed by atoms with E-state index in [1.807, 2.05) is 36.4 Å². The van der Waals surface area contributed by atoms with E-state index in [0.717, 1.165) is 17.7 Å². The Labute approximate surface area is 210 Å². The molecule has 0 atom stereocenters. The van der Waals surface area contributed by atoms with Gasteiger partial charge in [0, 0.05) is 23.4 Å². The maximum absolute atomic E-state index is 14.2. The highest BCUT2D eigenvalue weighted by Gasteiger charge is 2.19. The molecule has 3 aromatic carbocycles. The van der Waals surface area contributed by atoms with Crippen molar-refractivity contribution in [3.63, 3.8) is 0 Å². The van der Waals surface area contributed by atoms with Gasteiger partial charge in [-0.2, -0.15) is 0 Å². The van der Waals surface area contributed by atoms with E-state index in [2.05, 4.69) is 4.98 Å². The fourth-order valence-corrected chi connectivity index (χ4v) is 4.42. The van der Waals surface area contributed by atoms with Gasteiger partial charge in [0.1, 0.15) is 23.2 Å². The van der Waals surface area contributed by atoms with E-state index in [1.54, 1.807) is 37.4 Å². The monoisotopic (exact) mass is 504 g/mol. The number of ether oxygens (including phenoxy) is 1. The molecule has 2 aromatic heterocycles. The summed E-state index contributed by atoms with van der Waals surface area (Å²) in [5.74, 6) is -2.91. The van der Waals surface area contributed by atoms with Crippen molar-refractivity contribution in [2.24, 2.45) is 0 Å². The van der Waals surface area contributed by atoms with E-state index < -0.39 is 17.6 Å². The Hall–Kier alpha value is -4.23. The summed E-state index contributed by atoms with van der Waals surface area (Å²) in [5, 5.41) is 9.54. The lowest BCUT2D eigenvalue weighted by atomic mass is 10.0. The minimum absolute atomic E-state index is 0.00358. The second kappa shape index (κ2) is 9.43. The van der Waals surface area contributed by atoms with Crippen molar-refractivity contribution in [3.05, 3.63) is 112 Å². The third kappa shape index (κ3) is 4.41. The van der Waals surface area contributed by atoms with Gasteiger partial charge in [0.25, 0.3) is 0 Å². The van der Waals surface area contributed by atoms with Gasteiger partial charge in [0.2, 0.25) is 0 Å². The van der Waals surface area contributed by atoms with Crippen molar-refractivity contribution in [2.45, 2.75) is 13.5 Å². The summed E-state index contributed by atoms with van der Waals surface area (Å²) in [6.07, 6.45) is 1.64. The molecule has 2 heterocycles. The molecule has 0 aliphatic heterocycles. The Morgan fingerprint density at radius 2 is 1.72 bits per heavy atom. The normalized spacial score (nSPS) is 11.1. The summed E-state index contributed by atoms with van der Waals surface area (Å²) in [5.41, 5.74) is 4.08. The summed E-state index contributed by atoms with van der Waals surface area (Å²) in [6, 6.07) is 20.3. The van der Waals surface area contributed by atoms with Gasteiger partial charge in [-0.3, -0.25) is 4.40 Å². The first kappa shape index (κ1) is 23.5. The van der Waals surface area contributed by atoms with Crippen molar-refractivity contribution < 1.29 is 23.4 Å². The lowest BCUT2D eigenvalue weighted by Crippen LogP contribution is -2.04. The van der Waals surface area contributed by atoms with Gasteiger partial charge in [0.15, 0.2) is 11.6 Å². The Bertz CT molecular complexity index is 1620. The molecule has 0 aliphatic rings. The van der Waals surface area contributed by atoms with Gasteiger partial charge >= 0.3 is 5.97 Å². The first-order valence-corrected chi connectivity index (χ1v) is 11.4. The van der Waals surface area contributed by atoms with E-state index in [1.165, 1.54) is 4.40 Å². The van der Waals surface area contributed by atoms with Crippen molar-refractivity contribution in [2.75, 3.05) is 0 Å². The van der Waals surface area contributed by atoms with Crippen molar-refractivity contribution in [1.82, 2.24) is 9.38 Å². The number of fused-ring (bicyclic) bond motifs is 1. The number of aromatic carboxylic acids is 1. The van der Waals surface area contributed by atoms with Crippen LogP contribution in [0.4, 0.5) is 8.78 Å². The summed E-state index contributed by atoms with van der Waals surface area (Å²) in [4.78, 5) is 16.2. The number of rotatable bonds is 6. The molecule has 5 aromatic rings. The molecule has 0 fully saturated rings. The molecule has 0 saturated heterocycles. The van der Waals surface area contributed by atoms with Gasteiger partial charge in [-0.1, -0.05) is 60.1 Å². The lowest BCUT2D eigenvalue weighted by molar-refractivity contribution is 0.0695. The molecule has 180 valence electrons. The molecule has 5 rings (SSSR count). The zero-order valence-corrected chi connectivity index (χ0v) is 19.8. The molecule has 0 aliphatic carbocycles. The van der Waals surface area contributed by atoms with Gasteiger partial charge in [-0.25, -0.2) is 18.6 Å². The molecule has 5 nitrogen and oxygen atoms in total. The average Bonchev–Trinajstić information content (AvgIpc) is 3.29. The van der Waals surface area contributed by atoms with Crippen LogP contribution in [0, 0.1) is 18.6 Å². The van der Waals surface area contributed by atoms with E-state index in [-0.39, 0.29) is 23.1 Å². The third-order valence-electron chi connectivity index (χ3n) is 5.83. The quantitative estimate of drug-likeness (QED) is 0.249. The van der Waals surface area contributed by atoms with Gasteiger partial charge in [-0.05, 0) is 41.8 Å². The van der Waals surface area contributed by atoms with Crippen LogP contribution in [0.2, 0.25) is 5.15 Å². The molecule has 1 N–H and O–H groups in total. The zero-order valence-electron chi connectivity index (χ0n) is 19.0. The van der Waals surface area contributed by atoms with Gasteiger partial charge in [0.05, 0.1) is 11.3 Å². The maximum atomic E-state index is 14.2. The third-order valence-corrected chi connectivity index (χ3v) is 6.20. The smallest absolute Gasteiger partial charge is 0.339 e. The molecular weight excluding hydrogens is 486 g/mol. The number of hydrogen-bond acceptors (Lipinski definition) is 3. The van der Waals surface area contributed by atoms with Crippen LogP contribution in [-0.2, 0) is 6.61 Å². The summed E-state index contributed by atoms with van der Waals surface area (Å²) >= 11 is 6.36. The van der Waals surface area contributed by atoms with Gasteiger partial charge < -0.3 is 9.84 Å². The average molecular weight is 505 g/mol. The minimum atomic E-state index is -1.13. The van der Waals surface area contributed by atoms with Crippen LogP contribution in [-0.4, -0.2) is 20.5 Å². The SMILES string of the molecule is Cc1cc2nc(-c3cccc(-c4cc(F)c(F)cc4OCc4ccccc4)c3)cn2c(Cl)c1C(=O)O. The van der Waals surface area contributed by atoms with Crippen molar-refractivity contribution >= 4 is 23.2 Å². The molecule has 0 spiro atoms. The number of nitrogens with zero attached hydrogens (tertiary/aromatic N) is 2. The van der Waals surface area contributed by atoms with E-state index >= 15 is 0 Å². The summed E-state index contributed by atoms with van der Waals surface area (Å²) in [7, 11) is 0. The van der Waals surface area contributed by atoms with Crippen LogP contribution in [0.5, 0.6) is 5.75 Å². The lowest BCUT2D eigenvalue weighted by Gasteiger charge is -2.13. The minimum Gasteiger partial charge on any atom is -0.488 e. The number of aryl methyl sites for hydroxylation is 1. The zero-order chi connectivity index (χ0) is 25.4. The maximum Gasteiger partial charge on any atom is 0.339 e. The van der Waals surface area contributed by atoms with Crippen LogP contribution < -0.4 is 4.74 Å². The Balaban J connectivity index is 1.56. The van der Waals surface area contributed by atoms with Crippen LogP contribution in [0.1, 0.15) is 21.5 Å². The standard InChI is InChI=1S/C28H19ClF2N2O3/c1-16-10-25-32-23(14-33(25)27(29)26(16)28(34)35)19-9-5-8-18(11-19)20-12-21(30)22(31)13-24(20)36-15-17-6-3-2-4-7-17/h2-14H,15H2,1H3,(H,34,35). The van der Waals surface area contributed by atoms with E-state index in [0.29, 0.717) is 33.6 Å². The van der Waals surface area contributed by atoms with E-state index in [9.17, 15) is 18.7 Å². The largest absolute Gasteiger partial charge is 0.488 e. The number of carboxylic acid groups (broad SMARTS) is 1. The predicted molar refractivity (Wildman–Crippen MR) is 133 cm³/mol. The van der Waals surface area contributed by atoms with Crippen molar-refractivity contribution in [3.8, 4) is 28.1 Å². The first-order valence-electron chi connectivity index (χ1n) is 11.0. The number of halogens is 3. The van der Waals surface area contributed by atoms with Crippen LogP contribution in [0.15, 0.2) is 79.0 Å². The number of aromatic nitrogens is 2. The molecule has 0 amide bonds. The first-order chi connectivity index (χ1) is 17.3. The van der Waals surface area contributed by atoms with Crippen molar-refractivity contribution in [1.29, 1.82) is 0 Å². The molecule has 36 heavy (non-hydrogen) atoms. The highest BCUT2D eigenvalue weighted by molar-refractivity contribution is 6.33. The summed E-state index contributed by atoms with van der Waals surface area (Å²) in [6.45, 7) is 1.85. The Morgan fingerprint density at radius 1 is 1.00 bits per heavy atom. The predicted octanol–water partition coefficient (Wildman–Crippen LogP) is 7.19. The molecule has 0 saturated carbocycles. The van der Waals surface area contributed by atoms with Crippen LogP contribution in [0.3, 0.4) is 0 Å². The number of benzene rings is 3. The molecule has 0 bridgehead atoms. The van der Waals surface area contributed by atoms with Crippen LogP contribution >= 0.6 is 11.6 Å². The second-order valence-corrected chi connectivity index (χ2v) is 8.63. The molecule has 0 radical (unpaired) electrons. The number of carbonyl (C=O) groups is 1. The fraction of sp³-hybridized carbons (Fsp3) is 0.0714. The fourth-order valence-electron chi connectivity index (χ4n) is 4.05. The van der Waals surface area contributed by atoms with Gasteiger partial charge in [-0.15, -0.1) is 0 Å². The Morgan fingerprint density at radius 3 is 2.47 bits per heavy atom. The number of imidazole rings is 1. The number of carboxylic acids is 1. The van der Waals surface area contributed by atoms with E-state index in [4.69, 9.17) is 16.3 Å².